The van der Waals surface area contributed by atoms with Gasteiger partial charge in [-0.15, -0.1) is 0 Å². The lowest BCUT2D eigenvalue weighted by Crippen LogP contribution is -2.27. The van der Waals surface area contributed by atoms with Crippen molar-refractivity contribution >= 4 is 0 Å². The smallest absolute Gasteiger partial charge is 0.119 e. The molecule has 2 N–H and O–H groups in total. The largest absolute Gasteiger partial charge is 0.494 e. The number of rotatable bonds is 7. The second kappa shape index (κ2) is 7.68. The highest BCUT2D eigenvalue weighted by Gasteiger charge is 2.30. The molecular weight excluding hydrogens is 246 g/mol. The zero-order valence-electron chi connectivity index (χ0n) is 12.9. The molecule has 2 rings (SSSR count). The third kappa shape index (κ3) is 4.24. The Balaban J connectivity index is 1.91. The van der Waals surface area contributed by atoms with Gasteiger partial charge >= 0.3 is 0 Å². The fourth-order valence-corrected chi connectivity index (χ4v) is 3.56. The Morgan fingerprint density at radius 1 is 1.05 bits per heavy atom. The van der Waals surface area contributed by atoms with E-state index in [1.807, 2.05) is 6.92 Å². The first-order valence-electron chi connectivity index (χ1n) is 8.20. The first-order chi connectivity index (χ1) is 9.78. The van der Waals surface area contributed by atoms with Crippen molar-refractivity contribution in [1.29, 1.82) is 0 Å². The number of aryl methyl sites for hydroxylation is 1. The molecule has 0 bridgehead atoms. The molecule has 2 nitrogen and oxygen atoms in total. The van der Waals surface area contributed by atoms with Gasteiger partial charge in [-0.25, -0.2) is 0 Å². The molecule has 1 saturated carbocycles. The van der Waals surface area contributed by atoms with E-state index in [4.69, 9.17) is 10.5 Å². The zero-order valence-corrected chi connectivity index (χ0v) is 12.9. The van der Waals surface area contributed by atoms with E-state index in [0.29, 0.717) is 5.41 Å². The number of nitrogens with two attached hydrogens (primary N) is 1. The molecule has 0 aromatic heterocycles. The number of ether oxygens (including phenoxy) is 1. The maximum absolute atomic E-state index is 5.85. The summed E-state index contributed by atoms with van der Waals surface area (Å²) in [6.45, 7) is 3.59. The van der Waals surface area contributed by atoms with Gasteiger partial charge in [0.15, 0.2) is 0 Å². The molecule has 112 valence electrons. The standard InChI is InChI=1S/C18H29NO/c1-2-20-17-8-6-16(7-9-17)10-13-18(14-15-19)11-4-3-5-12-18/h6-9H,2-5,10-15,19H2,1H3. The minimum Gasteiger partial charge on any atom is -0.494 e. The van der Waals surface area contributed by atoms with Crippen LogP contribution in [0.15, 0.2) is 24.3 Å². The lowest BCUT2D eigenvalue weighted by atomic mass is 9.68. The van der Waals surface area contributed by atoms with E-state index in [2.05, 4.69) is 24.3 Å². The van der Waals surface area contributed by atoms with Crippen LogP contribution in [-0.4, -0.2) is 13.2 Å². The van der Waals surface area contributed by atoms with E-state index in [-0.39, 0.29) is 0 Å². The zero-order chi connectivity index (χ0) is 14.3. The highest BCUT2D eigenvalue weighted by molar-refractivity contribution is 5.27. The van der Waals surface area contributed by atoms with E-state index in [1.165, 1.54) is 56.9 Å². The van der Waals surface area contributed by atoms with Crippen LogP contribution in [0.4, 0.5) is 0 Å². The molecule has 1 fully saturated rings. The molecular formula is C18H29NO. The molecule has 0 amide bonds. The molecule has 1 aromatic carbocycles. The first-order valence-corrected chi connectivity index (χ1v) is 8.20. The van der Waals surface area contributed by atoms with Crippen LogP contribution in [0.1, 0.15) is 57.4 Å². The van der Waals surface area contributed by atoms with E-state index in [0.717, 1.165) is 18.9 Å². The molecule has 0 heterocycles. The first kappa shape index (κ1) is 15.4. The Hall–Kier alpha value is -1.02. The predicted octanol–water partition coefficient (Wildman–Crippen LogP) is 4.32. The Bertz CT molecular complexity index is 373. The van der Waals surface area contributed by atoms with Crippen molar-refractivity contribution in [3.05, 3.63) is 29.8 Å². The van der Waals surface area contributed by atoms with Crippen LogP contribution in [-0.2, 0) is 6.42 Å². The van der Waals surface area contributed by atoms with Crippen molar-refractivity contribution in [3.63, 3.8) is 0 Å². The van der Waals surface area contributed by atoms with Crippen molar-refractivity contribution in [2.75, 3.05) is 13.2 Å². The molecule has 2 heteroatoms. The monoisotopic (exact) mass is 275 g/mol. The highest BCUT2D eigenvalue weighted by atomic mass is 16.5. The molecule has 1 aliphatic carbocycles. The van der Waals surface area contributed by atoms with Crippen LogP contribution in [0, 0.1) is 5.41 Å². The quantitative estimate of drug-likeness (QED) is 0.804. The average molecular weight is 275 g/mol. The van der Waals surface area contributed by atoms with Gasteiger partial charge < -0.3 is 10.5 Å². The summed E-state index contributed by atoms with van der Waals surface area (Å²) in [4.78, 5) is 0. The topological polar surface area (TPSA) is 35.2 Å². The van der Waals surface area contributed by atoms with Crippen molar-refractivity contribution in [2.24, 2.45) is 11.1 Å². The van der Waals surface area contributed by atoms with Crippen LogP contribution in [0.3, 0.4) is 0 Å². The van der Waals surface area contributed by atoms with Gasteiger partial charge in [-0.1, -0.05) is 31.4 Å². The van der Waals surface area contributed by atoms with Gasteiger partial charge in [0.1, 0.15) is 5.75 Å². The Labute approximate surface area is 123 Å². The van der Waals surface area contributed by atoms with Crippen molar-refractivity contribution in [2.45, 2.75) is 58.3 Å². The summed E-state index contributed by atoms with van der Waals surface area (Å²) in [7, 11) is 0. The van der Waals surface area contributed by atoms with E-state index in [9.17, 15) is 0 Å². The summed E-state index contributed by atoms with van der Waals surface area (Å²) in [6, 6.07) is 8.61. The lowest BCUT2D eigenvalue weighted by Gasteiger charge is -2.37. The van der Waals surface area contributed by atoms with Crippen LogP contribution in [0.5, 0.6) is 5.75 Å². The van der Waals surface area contributed by atoms with E-state index >= 15 is 0 Å². The normalized spacial score (nSPS) is 17.9. The molecule has 0 unspecified atom stereocenters. The summed E-state index contributed by atoms with van der Waals surface area (Å²) in [5, 5.41) is 0. The highest BCUT2D eigenvalue weighted by Crippen LogP contribution is 2.42. The van der Waals surface area contributed by atoms with Gasteiger partial charge in [-0.3, -0.25) is 0 Å². The van der Waals surface area contributed by atoms with Gasteiger partial charge in [0.05, 0.1) is 6.61 Å². The second-order valence-corrected chi connectivity index (χ2v) is 6.18. The molecule has 0 aliphatic heterocycles. The average Bonchev–Trinajstić information content (AvgIpc) is 2.48. The van der Waals surface area contributed by atoms with Crippen LogP contribution in [0.25, 0.3) is 0 Å². The van der Waals surface area contributed by atoms with Crippen molar-refractivity contribution in [3.8, 4) is 5.75 Å². The van der Waals surface area contributed by atoms with Crippen molar-refractivity contribution < 1.29 is 4.74 Å². The van der Waals surface area contributed by atoms with E-state index in [1.54, 1.807) is 0 Å². The van der Waals surface area contributed by atoms with Crippen molar-refractivity contribution in [1.82, 2.24) is 0 Å². The molecule has 1 aliphatic rings. The fraction of sp³-hybridized carbons (Fsp3) is 0.667. The molecule has 20 heavy (non-hydrogen) atoms. The molecule has 0 saturated heterocycles. The molecule has 1 aromatic rings. The third-order valence-corrected chi connectivity index (χ3v) is 4.77. The predicted molar refractivity (Wildman–Crippen MR) is 85.1 cm³/mol. The van der Waals surface area contributed by atoms with Gasteiger partial charge in [0.2, 0.25) is 0 Å². The Morgan fingerprint density at radius 3 is 2.35 bits per heavy atom. The SMILES string of the molecule is CCOc1ccc(CCC2(CCN)CCCCC2)cc1. The minimum absolute atomic E-state index is 0.519. The van der Waals surface area contributed by atoms with Crippen LogP contribution in [0.2, 0.25) is 0 Å². The third-order valence-electron chi connectivity index (χ3n) is 4.77. The maximum atomic E-state index is 5.85. The lowest BCUT2D eigenvalue weighted by molar-refractivity contribution is 0.161. The van der Waals surface area contributed by atoms with Gasteiger partial charge in [-0.2, -0.15) is 0 Å². The maximum Gasteiger partial charge on any atom is 0.119 e. The fourth-order valence-electron chi connectivity index (χ4n) is 3.56. The number of benzene rings is 1. The van der Waals surface area contributed by atoms with Crippen LogP contribution < -0.4 is 10.5 Å². The number of hydrogen-bond donors (Lipinski definition) is 1. The summed E-state index contributed by atoms with van der Waals surface area (Å²) < 4.78 is 5.50. The molecule has 0 radical (unpaired) electrons. The summed E-state index contributed by atoms with van der Waals surface area (Å²) in [5.41, 5.74) is 7.80. The minimum atomic E-state index is 0.519. The summed E-state index contributed by atoms with van der Waals surface area (Å²) in [5.74, 6) is 0.977. The van der Waals surface area contributed by atoms with Gasteiger partial charge in [0.25, 0.3) is 0 Å². The Kier molecular flexibility index (Phi) is 5.90. The Morgan fingerprint density at radius 2 is 1.75 bits per heavy atom. The van der Waals surface area contributed by atoms with Gasteiger partial charge in [0, 0.05) is 0 Å². The summed E-state index contributed by atoms with van der Waals surface area (Å²) in [6.07, 6.45) is 10.6. The number of hydrogen-bond acceptors (Lipinski definition) is 2. The van der Waals surface area contributed by atoms with Gasteiger partial charge in [-0.05, 0) is 68.7 Å². The summed E-state index contributed by atoms with van der Waals surface area (Å²) >= 11 is 0. The van der Waals surface area contributed by atoms with Crippen LogP contribution >= 0.6 is 0 Å². The molecule has 0 spiro atoms. The second-order valence-electron chi connectivity index (χ2n) is 6.18. The van der Waals surface area contributed by atoms with E-state index < -0.39 is 0 Å². The molecule has 0 atom stereocenters.